The van der Waals surface area contributed by atoms with Crippen LogP contribution in [0.2, 0.25) is 0 Å². The molecule has 0 bridgehead atoms. The van der Waals surface area contributed by atoms with Crippen molar-refractivity contribution >= 4 is 29.0 Å². The Hall–Kier alpha value is -5.10. The average Bonchev–Trinajstić information content (AvgIpc) is 3.01. The maximum absolute atomic E-state index is 12.1. The first-order valence-corrected chi connectivity index (χ1v) is 14.6. The second-order valence-corrected chi connectivity index (χ2v) is 10.8. The van der Waals surface area contributed by atoms with Crippen molar-refractivity contribution in [2.75, 3.05) is 4.90 Å². The van der Waals surface area contributed by atoms with Gasteiger partial charge in [-0.15, -0.1) is 0 Å². The number of ether oxygens (including phenoxy) is 3. The summed E-state index contributed by atoms with van der Waals surface area (Å²) in [5.74, 6) is -0.00769. The standard InChI is InChI=1S/C38H39NO5/c1-8-36(40)42-28(6)38(29(7)43-37(41)9-2)30-16-22-35(27(5)23-30)39(32-17-15-25(3)26(4)24-32)31-18-20-34(21-19-31)44-33-13-11-10-12-14-33/h8-24,28-29,38H,1-2H2,3-7H3. The molecule has 2 atom stereocenters. The van der Waals surface area contributed by atoms with E-state index < -0.39 is 30.1 Å². The Kier molecular flexibility index (Phi) is 10.4. The van der Waals surface area contributed by atoms with Gasteiger partial charge < -0.3 is 19.1 Å². The van der Waals surface area contributed by atoms with E-state index in [2.05, 4.69) is 56.2 Å². The first kappa shape index (κ1) is 31.8. The predicted octanol–water partition coefficient (Wildman–Crippen LogP) is 9.19. The van der Waals surface area contributed by atoms with Crippen LogP contribution in [-0.4, -0.2) is 24.1 Å². The summed E-state index contributed by atoms with van der Waals surface area (Å²) in [5.41, 5.74) is 7.19. The number of nitrogens with zero attached hydrogens (tertiary/aromatic N) is 1. The molecule has 226 valence electrons. The van der Waals surface area contributed by atoms with Crippen LogP contribution in [0.3, 0.4) is 0 Å². The monoisotopic (exact) mass is 589 g/mol. The fraction of sp³-hybridized carbons (Fsp3) is 0.211. The second kappa shape index (κ2) is 14.4. The zero-order valence-electron chi connectivity index (χ0n) is 25.9. The molecule has 0 fully saturated rings. The van der Waals surface area contributed by atoms with Gasteiger partial charge in [0.2, 0.25) is 0 Å². The molecule has 4 rings (SSSR count). The zero-order valence-corrected chi connectivity index (χ0v) is 25.9. The van der Waals surface area contributed by atoms with E-state index in [0.717, 1.165) is 51.8 Å². The van der Waals surface area contributed by atoms with Crippen molar-refractivity contribution in [3.05, 3.63) is 139 Å². The molecule has 0 spiro atoms. The summed E-state index contributed by atoms with van der Waals surface area (Å²) in [6.45, 7) is 16.8. The minimum Gasteiger partial charge on any atom is -0.459 e. The Bertz CT molecular complexity index is 1600. The Morgan fingerprint density at radius 1 is 0.659 bits per heavy atom. The van der Waals surface area contributed by atoms with E-state index in [-0.39, 0.29) is 0 Å². The Morgan fingerprint density at radius 3 is 1.77 bits per heavy atom. The van der Waals surface area contributed by atoms with Crippen LogP contribution in [0.1, 0.15) is 42.0 Å². The molecular formula is C38H39NO5. The van der Waals surface area contributed by atoms with Gasteiger partial charge in [-0.2, -0.15) is 0 Å². The van der Waals surface area contributed by atoms with Crippen molar-refractivity contribution < 1.29 is 23.8 Å². The highest BCUT2D eigenvalue weighted by Gasteiger charge is 2.31. The summed E-state index contributed by atoms with van der Waals surface area (Å²) in [6, 6.07) is 30.2. The van der Waals surface area contributed by atoms with Gasteiger partial charge >= 0.3 is 11.9 Å². The van der Waals surface area contributed by atoms with Crippen LogP contribution in [0.15, 0.2) is 116 Å². The number of esters is 2. The minimum absolute atomic E-state index is 0.431. The maximum Gasteiger partial charge on any atom is 0.330 e. The third-order valence-corrected chi connectivity index (χ3v) is 7.62. The van der Waals surface area contributed by atoms with E-state index in [1.807, 2.05) is 73.7 Å². The molecule has 0 N–H and O–H groups in total. The van der Waals surface area contributed by atoms with E-state index in [0.29, 0.717) is 0 Å². The summed E-state index contributed by atoms with van der Waals surface area (Å²) in [6.07, 6.45) is 1.07. The number of anilines is 3. The molecule has 0 aliphatic carbocycles. The SMILES string of the molecule is C=CC(=O)OC(C)C(c1ccc(N(c2ccc(Oc3ccccc3)cc2)c2ccc(C)c(C)c2)c(C)c1)C(C)OC(=O)C=C. The molecule has 0 amide bonds. The number of para-hydroxylation sites is 1. The highest BCUT2D eigenvalue weighted by molar-refractivity contribution is 5.82. The van der Waals surface area contributed by atoms with Gasteiger partial charge in [-0.3, -0.25) is 0 Å². The van der Waals surface area contributed by atoms with Crippen LogP contribution in [0.4, 0.5) is 17.1 Å². The van der Waals surface area contributed by atoms with E-state index in [1.54, 1.807) is 13.8 Å². The molecular weight excluding hydrogens is 550 g/mol. The minimum atomic E-state index is -0.591. The van der Waals surface area contributed by atoms with E-state index in [4.69, 9.17) is 14.2 Å². The number of aryl methyl sites for hydroxylation is 3. The summed E-state index contributed by atoms with van der Waals surface area (Å²) in [4.78, 5) is 26.4. The van der Waals surface area contributed by atoms with Gasteiger partial charge in [-0.05, 0) is 111 Å². The van der Waals surface area contributed by atoms with E-state index in [9.17, 15) is 9.59 Å². The molecule has 0 radical (unpaired) electrons. The van der Waals surface area contributed by atoms with Gasteiger partial charge in [0.05, 0.1) is 5.92 Å². The fourth-order valence-electron chi connectivity index (χ4n) is 5.25. The highest BCUT2D eigenvalue weighted by Crippen LogP contribution is 2.40. The predicted molar refractivity (Wildman–Crippen MR) is 176 cm³/mol. The van der Waals surface area contributed by atoms with E-state index >= 15 is 0 Å². The number of carbonyl (C=O) groups is 2. The number of hydrogen-bond acceptors (Lipinski definition) is 6. The Labute approximate surface area is 260 Å². The van der Waals surface area contributed by atoms with Crippen molar-refractivity contribution in [1.29, 1.82) is 0 Å². The lowest BCUT2D eigenvalue weighted by molar-refractivity contribution is -0.149. The van der Waals surface area contributed by atoms with Gasteiger partial charge in [0, 0.05) is 29.2 Å². The molecule has 0 aliphatic rings. The summed E-state index contributed by atoms with van der Waals surface area (Å²) in [5, 5.41) is 0. The van der Waals surface area contributed by atoms with E-state index in [1.165, 1.54) is 11.1 Å². The lowest BCUT2D eigenvalue weighted by Crippen LogP contribution is -2.32. The summed E-state index contributed by atoms with van der Waals surface area (Å²) >= 11 is 0. The second-order valence-electron chi connectivity index (χ2n) is 10.8. The third-order valence-electron chi connectivity index (χ3n) is 7.62. The van der Waals surface area contributed by atoms with Crippen LogP contribution in [0, 0.1) is 20.8 Å². The number of benzene rings is 4. The molecule has 2 unspecified atom stereocenters. The largest absolute Gasteiger partial charge is 0.459 e. The smallest absolute Gasteiger partial charge is 0.330 e. The van der Waals surface area contributed by atoms with Crippen molar-refractivity contribution in [2.24, 2.45) is 0 Å². The summed E-state index contributed by atoms with van der Waals surface area (Å²) < 4.78 is 17.2. The fourth-order valence-corrected chi connectivity index (χ4v) is 5.25. The summed E-state index contributed by atoms with van der Waals surface area (Å²) in [7, 11) is 0. The van der Waals surface area contributed by atoms with Crippen LogP contribution >= 0.6 is 0 Å². The number of hydrogen-bond donors (Lipinski definition) is 0. The van der Waals surface area contributed by atoms with Crippen molar-refractivity contribution in [2.45, 2.75) is 52.7 Å². The topological polar surface area (TPSA) is 65.1 Å². The molecule has 6 heteroatoms. The highest BCUT2D eigenvalue weighted by atomic mass is 16.6. The molecule has 0 aromatic heterocycles. The van der Waals surface area contributed by atoms with Crippen LogP contribution in [-0.2, 0) is 19.1 Å². The van der Waals surface area contributed by atoms with Gasteiger partial charge in [0.15, 0.2) is 0 Å². The van der Waals surface area contributed by atoms with Crippen LogP contribution in [0.5, 0.6) is 11.5 Å². The first-order chi connectivity index (χ1) is 21.1. The number of carbonyl (C=O) groups excluding carboxylic acids is 2. The molecule has 44 heavy (non-hydrogen) atoms. The first-order valence-electron chi connectivity index (χ1n) is 14.6. The van der Waals surface area contributed by atoms with Crippen LogP contribution in [0.25, 0.3) is 0 Å². The van der Waals surface area contributed by atoms with Crippen LogP contribution < -0.4 is 9.64 Å². The quantitative estimate of drug-likeness (QED) is 0.121. The maximum atomic E-state index is 12.1. The molecule has 4 aromatic rings. The molecule has 0 aliphatic heterocycles. The zero-order chi connectivity index (χ0) is 31.8. The molecule has 0 heterocycles. The number of rotatable bonds is 12. The molecule has 6 nitrogen and oxygen atoms in total. The lowest BCUT2D eigenvalue weighted by atomic mass is 9.88. The third kappa shape index (κ3) is 7.64. The normalized spacial score (nSPS) is 12.8. The lowest BCUT2D eigenvalue weighted by Gasteiger charge is -2.31. The Morgan fingerprint density at radius 2 is 1.23 bits per heavy atom. The van der Waals surface area contributed by atoms with Gasteiger partial charge in [-0.25, -0.2) is 9.59 Å². The van der Waals surface area contributed by atoms with Gasteiger partial charge in [0.25, 0.3) is 0 Å². The van der Waals surface area contributed by atoms with Gasteiger partial charge in [0.1, 0.15) is 23.7 Å². The van der Waals surface area contributed by atoms with Gasteiger partial charge in [-0.1, -0.05) is 49.6 Å². The molecule has 0 saturated carbocycles. The van der Waals surface area contributed by atoms with Crippen molar-refractivity contribution in [3.63, 3.8) is 0 Å². The molecule has 4 aromatic carbocycles. The Balaban J connectivity index is 1.75. The molecule has 0 saturated heterocycles. The average molecular weight is 590 g/mol. The van der Waals surface area contributed by atoms with Crippen molar-refractivity contribution in [3.8, 4) is 11.5 Å². The van der Waals surface area contributed by atoms with Crippen molar-refractivity contribution in [1.82, 2.24) is 0 Å².